The van der Waals surface area contributed by atoms with Crippen LogP contribution >= 0.6 is 7.60 Å². The van der Waals surface area contributed by atoms with Crippen molar-refractivity contribution in [3.05, 3.63) is 0 Å². The first kappa shape index (κ1) is 11.6. The van der Waals surface area contributed by atoms with Gasteiger partial charge in [0.25, 0.3) is 0 Å². The number of hydrogen-bond donors (Lipinski definition) is 5. The molecule has 0 bridgehead atoms. The summed E-state index contributed by atoms with van der Waals surface area (Å²) in [4.78, 5) is 27.7. The zero-order valence-corrected chi connectivity index (χ0v) is 8.09. The average Bonchev–Trinajstić information content (AvgIpc) is 1.95. The van der Waals surface area contributed by atoms with Crippen molar-refractivity contribution in [3.8, 4) is 0 Å². The summed E-state index contributed by atoms with van der Waals surface area (Å²) < 4.78 is 10.6. The molecule has 0 aromatic heterocycles. The smallest absolute Gasteiger partial charge is 0.354 e. The molecule has 6 N–H and O–H groups in total. The molecule has 82 valence electrons. The molecule has 14 heavy (non-hydrogen) atoms. The third-order valence-corrected chi connectivity index (χ3v) is 3.56. The molecule has 7 nitrogen and oxygen atoms in total. The van der Waals surface area contributed by atoms with Gasteiger partial charge in [0.05, 0.1) is 0 Å². The molecule has 1 atom stereocenters. The van der Waals surface area contributed by atoms with Crippen LogP contribution in [0.15, 0.2) is 0 Å². The standard InChI is InChI=1S/C6H12NO6P/c7-6(5(9)10)1-3(2-6)4(8)14(11,12)13/h3-4,8H,1-2,7H2,(H,9,10)(H2,11,12,13). The molecular weight excluding hydrogens is 213 g/mol. The number of aliphatic hydroxyl groups is 1. The minimum atomic E-state index is -4.56. The lowest BCUT2D eigenvalue weighted by molar-refractivity contribution is -0.150. The third kappa shape index (κ3) is 1.97. The Morgan fingerprint density at radius 2 is 1.93 bits per heavy atom. The van der Waals surface area contributed by atoms with Gasteiger partial charge in [-0.2, -0.15) is 0 Å². The van der Waals surface area contributed by atoms with Gasteiger partial charge in [-0.05, 0) is 12.8 Å². The molecule has 0 aliphatic heterocycles. The number of aliphatic hydroxyl groups excluding tert-OH is 1. The first-order valence-corrected chi connectivity index (χ1v) is 5.60. The van der Waals surface area contributed by atoms with Crippen LogP contribution in [0, 0.1) is 5.92 Å². The minimum Gasteiger partial charge on any atom is -0.480 e. The fourth-order valence-corrected chi connectivity index (χ4v) is 2.30. The zero-order chi connectivity index (χ0) is 11.1. The SMILES string of the molecule is NC1(C(=O)O)CC(C(O)P(=O)(O)O)C1. The maximum atomic E-state index is 10.6. The predicted octanol–water partition coefficient (Wildman–Crippen LogP) is -1.33. The summed E-state index contributed by atoms with van der Waals surface area (Å²) in [6.45, 7) is 0. The first-order valence-electron chi connectivity index (χ1n) is 3.92. The van der Waals surface area contributed by atoms with Gasteiger partial charge in [0, 0.05) is 5.92 Å². The van der Waals surface area contributed by atoms with E-state index in [1.165, 1.54) is 0 Å². The van der Waals surface area contributed by atoms with Crippen molar-refractivity contribution in [1.82, 2.24) is 0 Å². The van der Waals surface area contributed by atoms with E-state index in [4.69, 9.17) is 25.7 Å². The van der Waals surface area contributed by atoms with E-state index in [9.17, 15) is 9.36 Å². The normalized spacial score (nSPS) is 34.7. The Hall–Kier alpha value is -0.460. The lowest BCUT2D eigenvalue weighted by Crippen LogP contribution is -2.60. The second-order valence-electron chi connectivity index (χ2n) is 3.63. The van der Waals surface area contributed by atoms with Crippen LogP contribution < -0.4 is 5.73 Å². The molecule has 8 heteroatoms. The number of carbonyl (C=O) groups is 1. The van der Waals surface area contributed by atoms with Gasteiger partial charge in [-0.25, -0.2) is 0 Å². The van der Waals surface area contributed by atoms with Crippen LogP contribution in [0.4, 0.5) is 0 Å². The van der Waals surface area contributed by atoms with Gasteiger partial charge in [-0.3, -0.25) is 9.36 Å². The van der Waals surface area contributed by atoms with E-state index in [0.29, 0.717) is 0 Å². The Morgan fingerprint density at radius 1 is 1.50 bits per heavy atom. The Bertz CT molecular complexity index is 293. The zero-order valence-electron chi connectivity index (χ0n) is 7.20. The maximum absolute atomic E-state index is 10.6. The van der Waals surface area contributed by atoms with Crippen LogP contribution in [-0.4, -0.2) is 37.4 Å². The number of aliphatic carboxylic acids is 1. The van der Waals surface area contributed by atoms with Crippen LogP contribution in [-0.2, 0) is 9.36 Å². The summed E-state index contributed by atoms with van der Waals surface area (Å²) in [6.07, 6.45) is -0.233. The number of carboxylic acids is 1. The molecule has 1 rings (SSSR count). The molecule has 0 aromatic carbocycles. The monoisotopic (exact) mass is 225 g/mol. The quantitative estimate of drug-likeness (QED) is 0.375. The van der Waals surface area contributed by atoms with Gasteiger partial charge in [-0.1, -0.05) is 0 Å². The van der Waals surface area contributed by atoms with Crippen LogP contribution in [0.5, 0.6) is 0 Å². The van der Waals surface area contributed by atoms with Gasteiger partial charge in [0.1, 0.15) is 5.54 Å². The number of hydrogen-bond acceptors (Lipinski definition) is 4. The van der Waals surface area contributed by atoms with Crippen molar-refractivity contribution in [1.29, 1.82) is 0 Å². The van der Waals surface area contributed by atoms with Crippen LogP contribution in [0.25, 0.3) is 0 Å². The van der Waals surface area contributed by atoms with E-state index in [-0.39, 0.29) is 12.8 Å². The summed E-state index contributed by atoms with van der Waals surface area (Å²) >= 11 is 0. The van der Waals surface area contributed by atoms with Crippen molar-refractivity contribution in [2.24, 2.45) is 11.7 Å². The van der Waals surface area contributed by atoms with Crippen LogP contribution in [0.3, 0.4) is 0 Å². The molecule has 0 saturated heterocycles. The van der Waals surface area contributed by atoms with E-state index >= 15 is 0 Å². The van der Waals surface area contributed by atoms with Gasteiger partial charge < -0.3 is 25.7 Å². The van der Waals surface area contributed by atoms with Crippen molar-refractivity contribution in [3.63, 3.8) is 0 Å². The summed E-state index contributed by atoms with van der Waals surface area (Å²) in [5.41, 5.74) is 3.91. The lowest BCUT2D eigenvalue weighted by atomic mass is 9.69. The lowest BCUT2D eigenvalue weighted by Gasteiger charge is -2.43. The Morgan fingerprint density at radius 3 is 2.21 bits per heavy atom. The predicted molar refractivity (Wildman–Crippen MR) is 45.3 cm³/mol. The fourth-order valence-electron chi connectivity index (χ4n) is 1.54. The topological polar surface area (TPSA) is 141 Å². The van der Waals surface area contributed by atoms with Gasteiger partial charge in [0.2, 0.25) is 0 Å². The third-order valence-electron chi connectivity index (χ3n) is 2.45. The average molecular weight is 225 g/mol. The molecule has 0 amide bonds. The molecule has 0 spiro atoms. The fraction of sp³-hybridized carbons (Fsp3) is 0.833. The van der Waals surface area contributed by atoms with E-state index in [1.54, 1.807) is 0 Å². The van der Waals surface area contributed by atoms with Crippen molar-refractivity contribution in [2.45, 2.75) is 24.2 Å². The highest BCUT2D eigenvalue weighted by Crippen LogP contribution is 2.51. The van der Waals surface area contributed by atoms with Crippen LogP contribution in [0.2, 0.25) is 0 Å². The van der Waals surface area contributed by atoms with Crippen molar-refractivity contribution in [2.75, 3.05) is 0 Å². The Labute approximate surface area is 79.7 Å². The minimum absolute atomic E-state index is 0.116. The summed E-state index contributed by atoms with van der Waals surface area (Å²) in [7, 11) is -4.56. The molecule has 1 saturated carbocycles. The summed E-state index contributed by atoms with van der Waals surface area (Å²) in [6, 6.07) is 0. The van der Waals surface area contributed by atoms with Crippen molar-refractivity contribution >= 4 is 13.6 Å². The van der Waals surface area contributed by atoms with E-state index in [2.05, 4.69) is 0 Å². The van der Waals surface area contributed by atoms with Crippen LogP contribution in [0.1, 0.15) is 12.8 Å². The van der Waals surface area contributed by atoms with Gasteiger partial charge in [-0.15, -0.1) is 0 Å². The molecule has 1 fully saturated rings. The number of carboxylic acid groups (broad SMARTS) is 1. The van der Waals surface area contributed by atoms with Crippen molar-refractivity contribution < 1.29 is 29.4 Å². The number of nitrogens with two attached hydrogens (primary N) is 1. The molecule has 0 radical (unpaired) electrons. The maximum Gasteiger partial charge on any atom is 0.354 e. The Balaban J connectivity index is 2.58. The van der Waals surface area contributed by atoms with Gasteiger partial charge >= 0.3 is 13.6 Å². The molecule has 0 heterocycles. The molecule has 1 aliphatic carbocycles. The number of rotatable bonds is 3. The summed E-state index contributed by atoms with van der Waals surface area (Å²) in [5.74, 6) is -3.76. The van der Waals surface area contributed by atoms with Gasteiger partial charge in [0.15, 0.2) is 5.85 Å². The summed E-state index contributed by atoms with van der Waals surface area (Å²) in [5, 5.41) is 17.7. The second kappa shape index (κ2) is 3.29. The first-order chi connectivity index (χ1) is 6.17. The highest BCUT2D eigenvalue weighted by atomic mass is 31.2. The van der Waals surface area contributed by atoms with E-state index in [0.717, 1.165) is 0 Å². The highest BCUT2D eigenvalue weighted by molar-refractivity contribution is 7.52. The molecule has 1 unspecified atom stereocenters. The van der Waals surface area contributed by atoms with E-state index in [1.807, 2.05) is 0 Å². The Kier molecular flexibility index (Phi) is 2.73. The molecular formula is C6H12NO6P. The largest absolute Gasteiger partial charge is 0.480 e. The van der Waals surface area contributed by atoms with E-state index < -0.39 is 30.9 Å². The molecule has 0 aromatic rings. The second-order valence-corrected chi connectivity index (χ2v) is 5.34. The highest BCUT2D eigenvalue weighted by Gasteiger charge is 2.53. The molecule has 1 aliphatic rings.